The van der Waals surface area contributed by atoms with Crippen LogP contribution in [0.3, 0.4) is 0 Å². The van der Waals surface area contributed by atoms with Crippen molar-refractivity contribution < 1.29 is 9.50 Å². The molecule has 0 spiro atoms. The van der Waals surface area contributed by atoms with Crippen molar-refractivity contribution >= 4 is 43.8 Å². The molecule has 2 aromatic carbocycles. The van der Waals surface area contributed by atoms with E-state index >= 15 is 0 Å². The van der Waals surface area contributed by atoms with Gasteiger partial charge in [0, 0.05) is 10.0 Å². The lowest BCUT2D eigenvalue weighted by Gasteiger charge is -2.03. The van der Waals surface area contributed by atoms with Gasteiger partial charge >= 0.3 is 0 Å². The van der Waals surface area contributed by atoms with Crippen molar-refractivity contribution in [3.8, 4) is 5.75 Å². The molecule has 0 unspecified atom stereocenters. The third-order valence-electron chi connectivity index (χ3n) is 2.28. The summed E-state index contributed by atoms with van der Waals surface area (Å²) in [4.78, 5) is 0. The van der Waals surface area contributed by atoms with Crippen LogP contribution in [-0.2, 0) is 0 Å². The van der Waals surface area contributed by atoms with Crippen LogP contribution < -0.4 is 5.43 Å². The van der Waals surface area contributed by atoms with E-state index in [1.54, 1.807) is 24.3 Å². The molecule has 3 nitrogen and oxygen atoms in total. The van der Waals surface area contributed by atoms with Crippen LogP contribution in [0.15, 0.2) is 50.4 Å². The van der Waals surface area contributed by atoms with Gasteiger partial charge in [-0.15, -0.1) is 0 Å². The van der Waals surface area contributed by atoms with Crippen molar-refractivity contribution in [2.75, 3.05) is 5.43 Å². The molecule has 19 heavy (non-hydrogen) atoms. The number of hydrazone groups is 1. The van der Waals surface area contributed by atoms with Crippen LogP contribution >= 0.6 is 31.9 Å². The molecule has 0 amide bonds. The molecule has 0 aliphatic rings. The maximum Gasteiger partial charge on any atom is 0.138 e. The Hall–Kier alpha value is -1.40. The molecule has 2 aromatic rings. The number of benzene rings is 2. The number of phenols is 1. The van der Waals surface area contributed by atoms with Crippen molar-refractivity contribution in [2.24, 2.45) is 5.10 Å². The number of phenolic OH excluding ortho intramolecular Hbond substituents is 1. The number of rotatable bonds is 3. The van der Waals surface area contributed by atoms with Crippen LogP contribution in [0.2, 0.25) is 0 Å². The number of hydrogen-bond acceptors (Lipinski definition) is 3. The second-order valence-corrected chi connectivity index (χ2v) is 5.48. The summed E-state index contributed by atoms with van der Waals surface area (Å²) in [6, 6.07) is 9.40. The first-order valence-electron chi connectivity index (χ1n) is 5.29. The molecule has 0 saturated carbocycles. The van der Waals surface area contributed by atoms with Gasteiger partial charge in [0.1, 0.15) is 11.6 Å². The van der Waals surface area contributed by atoms with Gasteiger partial charge in [0.25, 0.3) is 0 Å². The van der Waals surface area contributed by atoms with Crippen molar-refractivity contribution in [2.45, 2.75) is 0 Å². The standard InChI is InChI=1S/C13H9Br2FN2O/c14-9-4-8(13(19)12(15)5-9)7-17-18-11-3-1-2-10(16)6-11/h1-7,18-19H/b17-7-. The fraction of sp³-hybridized carbons (Fsp3) is 0. The quantitative estimate of drug-likeness (QED) is 0.601. The zero-order valence-corrected chi connectivity index (χ0v) is 12.7. The monoisotopic (exact) mass is 386 g/mol. The smallest absolute Gasteiger partial charge is 0.138 e. The maximum absolute atomic E-state index is 12.9. The van der Waals surface area contributed by atoms with Gasteiger partial charge in [-0.05, 0) is 46.3 Å². The highest BCUT2D eigenvalue weighted by Gasteiger charge is 2.05. The van der Waals surface area contributed by atoms with Gasteiger partial charge < -0.3 is 5.11 Å². The predicted molar refractivity (Wildman–Crippen MR) is 81.1 cm³/mol. The zero-order valence-electron chi connectivity index (χ0n) is 9.57. The number of nitrogens with one attached hydrogen (secondary N) is 1. The SMILES string of the molecule is Oc1c(Br)cc(Br)cc1/C=N\Nc1cccc(F)c1. The molecule has 0 saturated heterocycles. The normalized spacial score (nSPS) is 10.9. The fourth-order valence-corrected chi connectivity index (χ4v) is 2.68. The molecule has 2 N–H and O–H groups in total. The summed E-state index contributed by atoms with van der Waals surface area (Å²) >= 11 is 6.55. The van der Waals surface area contributed by atoms with Crippen LogP contribution in [0.5, 0.6) is 5.75 Å². The van der Waals surface area contributed by atoms with Gasteiger partial charge in [0.2, 0.25) is 0 Å². The molecule has 2 rings (SSSR count). The highest BCUT2D eigenvalue weighted by molar-refractivity contribution is 9.11. The highest BCUT2D eigenvalue weighted by Crippen LogP contribution is 2.30. The molecule has 0 heterocycles. The Morgan fingerprint density at radius 3 is 2.74 bits per heavy atom. The number of hydrogen-bond donors (Lipinski definition) is 2. The average Bonchev–Trinajstić information content (AvgIpc) is 2.35. The molecule has 0 aromatic heterocycles. The van der Waals surface area contributed by atoms with Crippen LogP contribution in [0.25, 0.3) is 0 Å². The summed E-state index contributed by atoms with van der Waals surface area (Å²) in [5.74, 6) is -0.249. The molecule has 98 valence electrons. The third kappa shape index (κ3) is 3.78. The van der Waals surface area contributed by atoms with E-state index in [1.165, 1.54) is 18.3 Å². The van der Waals surface area contributed by atoms with E-state index in [0.717, 1.165) is 4.47 Å². The van der Waals surface area contributed by atoms with Crippen LogP contribution in [-0.4, -0.2) is 11.3 Å². The number of halogens is 3. The molecular formula is C13H9Br2FN2O. The van der Waals surface area contributed by atoms with E-state index in [1.807, 2.05) is 0 Å². The Balaban J connectivity index is 2.15. The molecular weight excluding hydrogens is 379 g/mol. The van der Waals surface area contributed by atoms with Gasteiger partial charge in [-0.25, -0.2) is 4.39 Å². The van der Waals surface area contributed by atoms with Crippen molar-refractivity contribution in [1.29, 1.82) is 0 Å². The van der Waals surface area contributed by atoms with Gasteiger partial charge in [-0.1, -0.05) is 22.0 Å². The fourth-order valence-electron chi connectivity index (χ4n) is 1.42. The van der Waals surface area contributed by atoms with Crippen molar-refractivity contribution in [1.82, 2.24) is 0 Å². The zero-order chi connectivity index (χ0) is 13.8. The van der Waals surface area contributed by atoms with E-state index < -0.39 is 0 Å². The lowest BCUT2D eigenvalue weighted by molar-refractivity contribution is 0.471. The Bertz CT molecular complexity index is 632. The first kappa shape index (κ1) is 14.0. The highest BCUT2D eigenvalue weighted by atomic mass is 79.9. The van der Waals surface area contributed by atoms with Crippen molar-refractivity contribution in [3.63, 3.8) is 0 Å². The predicted octanol–water partition coefficient (Wildman–Crippen LogP) is 4.50. The lowest BCUT2D eigenvalue weighted by atomic mass is 10.2. The molecule has 0 bridgehead atoms. The second-order valence-electron chi connectivity index (χ2n) is 3.71. The van der Waals surface area contributed by atoms with Crippen LogP contribution in [0.1, 0.15) is 5.56 Å². The van der Waals surface area contributed by atoms with E-state index in [2.05, 4.69) is 42.4 Å². The topological polar surface area (TPSA) is 44.6 Å². The molecule has 0 atom stereocenters. The summed E-state index contributed by atoms with van der Waals surface area (Å²) in [6.45, 7) is 0. The van der Waals surface area contributed by atoms with Gasteiger partial charge in [-0.2, -0.15) is 5.10 Å². The van der Waals surface area contributed by atoms with E-state index in [0.29, 0.717) is 15.7 Å². The number of anilines is 1. The largest absolute Gasteiger partial charge is 0.506 e. The first-order chi connectivity index (χ1) is 9.06. The minimum Gasteiger partial charge on any atom is -0.506 e. The van der Waals surface area contributed by atoms with Crippen LogP contribution in [0.4, 0.5) is 10.1 Å². The Labute approximate surface area is 126 Å². The second kappa shape index (κ2) is 6.16. The summed E-state index contributed by atoms with van der Waals surface area (Å²) in [5.41, 5.74) is 3.75. The Morgan fingerprint density at radius 1 is 1.21 bits per heavy atom. The third-order valence-corrected chi connectivity index (χ3v) is 3.34. The molecule has 6 heteroatoms. The minimum atomic E-state index is -0.340. The Kier molecular flexibility index (Phi) is 4.55. The van der Waals surface area contributed by atoms with Crippen molar-refractivity contribution in [3.05, 3.63) is 56.7 Å². The van der Waals surface area contributed by atoms with Gasteiger partial charge in [-0.3, -0.25) is 5.43 Å². The molecule has 0 radical (unpaired) electrons. The lowest BCUT2D eigenvalue weighted by Crippen LogP contribution is -1.92. The number of aromatic hydroxyl groups is 1. The summed E-state index contributed by atoms with van der Waals surface area (Å²) < 4.78 is 14.3. The molecule has 0 aliphatic carbocycles. The summed E-state index contributed by atoms with van der Waals surface area (Å²) in [5, 5.41) is 13.8. The maximum atomic E-state index is 12.9. The first-order valence-corrected chi connectivity index (χ1v) is 6.87. The minimum absolute atomic E-state index is 0.0907. The van der Waals surface area contributed by atoms with Gasteiger partial charge in [0.15, 0.2) is 0 Å². The van der Waals surface area contributed by atoms with Gasteiger partial charge in [0.05, 0.1) is 16.4 Å². The average molecular weight is 388 g/mol. The van der Waals surface area contributed by atoms with E-state index in [-0.39, 0.29) is 11.6 Å². The summed E-state index contributed by atoms with van der Waals surface area (Å²) in [7, 11) is 0. The number of nitrogens with zero attached hydrogens (tertiary/aromatic N) is 1. The van der Waals surface area contributed by atoms with E-state index in [4.69, 9.17) is 0 Å². The molecule has 0 fully saturated rings. The molecule has 0 aliphatic heterocycles. The van der Waals surface area contributed by atoms with Crippen LogP contribution in [0, 0.1) is 5.82 Å². The summed E-state index contributed by atoms with van der Waals surface area (Å²) in [6.07, 6.45) is 1.45. The Morgan fingerprint density at radius 2 is 2.00 bits per heavy atom. The van der Waals surface area contributed by atoms with E-state index in [9.17, 15) is 9.50 Å².